The highest BCUT2D eigenvalue weighted by molar-refractivity contribution is 8.13. The van der Waals surface area contributed by atoms with Gasteiger partial charge in [0, 0.05) is 49.6 Å². The van der Waals surface area contributed by atoms with Crippen LogP contribution in [0.4, 0.5) is 0 Å². The molecule has 0 spiro atoms. The zero-order chi connectivity index (χ0) is 29.9. The fourth-order valence-corrected chi connectivity index (χ4v) is 5.23. The molecule has 1 aromatic carbocycles. The maximum Gasteiger partial charge on any atom is 0.306 e. The predicted octanol–water partition coefficient (Wildman–Crippen LogP) is 5.49. The lowest BCUT2D eigenvalue weighted by Crippen LogP contribution is -2.29. The van der Waals surface area contributed by atoms with Crippen LogP contribution in [-0.4, -0.2) is 74.8 Å². The molecule has 1 aliphatic heterocycles. The van der Waals surface area contributed by atoms with E-state index in [9.17, 15) is 14.4 Å². The van der Waals surface area contributed by atoms with Crippen LogP contribution in [0, 0.1) is 6.92 Å². The van der Waals surface area contributed by atoms with Crippen molar-refractivity contribution in [2.75, 3.05) is 47.3 Å². The Bertz CT molecular complexity index is 1070. The first kappa shape index (κ1) is 33.6. The average Bonchev–Trinajstić information content (AvgIpc) is 3.41. The minimum atomic E-state index is -0.533. The highest BCUT2D eigenvalue weighted by Gasteiger charge is 2.32. The number of likely N-dealkylation sites (tertiary alicyclic amines) is 1. The van der Waals surface area contributed by atoms with Gasteiger partial charge in [0.05, 0.1) is 25.9 Å². The van der Waals surface area contributed by atoms with E-state index in [1.54, 1.807) is 19.1 Å². The van der Waals surface area contributed by atoms with Crippen LogP contribution in [-0.2, 0) is 30.2 Å². The first-order valence-corrected chi connectivity index (χ1v) is 14.5. The van der Waals surface area contributed by atoms with E-state index in [1.807, 2.05) is 40.7 Å². The molecule has 0 aromatic heterocycles. The van der Waals surface area contributed by atoms with E-state index in [-0.39, 0.29) is 30.2 Å². The third-order valence-corrected chi connectivity index (χ3v) is 7.26. The summed E-state index contributed by atoms with van der Waals surface area (Å²) < 4.78 is 28.1. The molecule has 0 atom stereocenters. The van der Waals surface area contributed by atoms with E-state index < -0.39 is 5.60 Å². The first-order chi connectivity index (χ1) is 18.9. The number of nitrogens with zero attached hydrogens (tertiary/aromatic N) is 1. The SMILES string of the molecule is COCCOCOc1c(C/C=C(\C)CCC(=O)OC(C)(C)C)c(OC)c(C)c(SC(C)=O)c1C(=O)N1CCCC1. The molecule has 10 heteroatoms. The fraction of sp³-hybridized carbons (Fsp3) is 0.633. The van der Waals surface area contributed by atoms with E-state index in [2.05, 4.69) is 0 Å². The largest absolute Gasteiger partial charge is 0.496 e. The van der Waals surface area contributed by atoms with Gasteiger partial charge in [0.2, 0.25) is 0 Å². The number of carbonyl (C=O) groups excluding carboxylic acids is 3. The molecule has 224 valence electrons. The monoisotopic (exact) mass is 579 g/mol. The van der Waals surface area contributed by atoms with Gasteiger partial charge in [-0.05, 0) is 60.3 Å². The lowest BCUT2D eigenvalue weighted by Gasteiger charge is -2.25. The molecule has 1 aliphatic rings. The Hall–Kier alpha value is -2.56. The smallest absolute Gasteiger partial charge is 0.306 e. The summed E-state index contributed by atoms with van der Waals surface area (Å²) in [5.41, 5.74) is 2.19. The molecule has 0 radical (unpaired) electrons. The average molecular weight is 580 g/mol. The summed E-state index contributed by atoms with van der Waals surface area (Å²) in [6, 6.07) is 0. The van der Waals surface area contributed by atoms with Crippen molar-refractivity contribution < 1.29 is 38.1 Å². The van der Waals surface area contributed by atoms with E-state index in [0.717, 1.165) is 30.2 Å². The Balaban J connectivity index is 2.54. The fourth-order valence-electron chi connectivity index (χ4n) is 4.41. The van der Waals surface area contributed by atoms with Crippen LogP contribution < -0.4 is 9.47 Å². The van der Waals surface area contributed by atoms with Gasteiger partial charge in [-0.2, -0.15) is 0 Å². The Morgan fingerprint density at radius 1 is 1.00 bits per heavy atom. The summed E-state index contributed by atoms with van der Waals surface area (Å²) in [6.07, 6.45) is 5.05. The van der Waals surface area contributed by atoms with Gasteiger partial charge < -0.3 is 28.6 Å². The highest BCUT2D eigenvalue weighted by Crippen LogP contribution is 2.45. The predicted molar refractivity (Wildman–Crippen MR) is 155 cm³/mol. The number of allylic oxidation sites excluding steroid dienone is 2. The van der Waals surface area contributed by atoms with Crippen molar-refractivity contribution in [2.24, 2.45) is 0 Å². The van der Waals surface area contributed by atoms with Gasteiger partial charge in [-0.1, -0.05) is 23.4 Å². The molecule has 1 heterocycles. The van der Waals surface area contributed by atoms with Crippen molar-refractivity contribution in [3.8, 4) is 11.5 Å². The minimum absolute atomic E-state index is 0.103. The van der Waals surface area contributed by atoms with Gasteiger partial charge in [-0.15, -0.1) is 0 Å². The number of methoxy groups -OCH3 is 2. The first-order valence-electron chi connectivity index (χ1n) is 13.7. The second kappa shape index (κ2) is 16.0. The number of thioether (sulfide) groups is 1. The number of benzene rings is 1. The zero-order valence-electron chi connectivity index (χ0n) is 25.3. The van der Waals surface area contributed by atoms with Crippen LogP contribution in [0.15, 0.2) is 16.5 Å². The van der Waals surface area contributed by atoms with Crippen molar-refractivity contribution in [1.29, 1.82) is 0 Å². The Morgan fingerprint density at radius 3 is 2.25 bits per heavy atom. The topological polar surface area (TPSA) is 101 Å². The summed E-state index contributed by atoms with van der Waals surface area (Å²) in [5.74, 6) is 0.460. The number of carbonyl (C=O) groups is 3. The Kier molecular flexibility index (Phi) is 13.5. The summed E-state index contributed by atoms with van der Waals surface area (Å²) in [6.45, 7) is 12.7. The zero-order valence-corrected chi connectivity index (χ0v) is 26.1. The van der Waals surface area contributed by atoms with E-state index >= 15 is 0 Å². The highest BCUT2D eigenvalue weighted by atomic mass is 32.2. The molecular weight excluding hydrogens is 534 g/mol. The number of amides is 1. The number of ether oxygens (including phenoxy) is 5. The molecule has 1 aromatic rings. The van der Waals surface area contributed by atoms with Crippen molar-refractivity contribution in [1.82, 2.24) is 4.90 Å². The van der Waals surface area contributed by atoms with Crippen molar-refractivity contribution in [2.45, 2.75) is 84.1 Å². The maximum absolute atomic E-state index is 13.9. The second-order valence-electron chi connectivity index (χ2n) is 10.8. The summed E-state index contributed by atoms with van der Waals surface area (Å²) in [5, 5.41) is -0.145. The third-order valence-electron chi connectivity index (χ3n) is 6.26. The molecule has 40 heavy (non-hydrogen) atoms. The Morgan fingerprint density at radius 2 is 1.68 bits per heavy atom. The van der Waals surface area contributed by atoms with E-state index in [1.165, 1.54) is 6.92 Å². The van der Waals surface area contributed by atoms with Crippen molar-refractivity contribution in [3.63, 3.8) is 0 Å². The molecule has 0 aliphatic carbocycles. The van der Waals surface area contributed by atoms with Gasteiger partial charge >= 0.3 is 5.97 Å². The molecule has 1 saturated heterocycles. The van der Waals surface area contributed by atoms with Gasteiger partial charge in [-0.3, -0.25) is 14.4 Å². The number of hydrogen-bond acceptors (Lipinski definition) is 9. The minimum Gasteiger partial charge on any atom is -0.496 e. The molecule has 0 N–H and O–H groups in total. The van der Waals surface area contributed by atoms with Crippen LogP contribution in [0.3, 0.4) is 0 Å². The lowest BCUT2D eigenvalue weighted by atomic mass is 9.97. The second-order valence-corrected chi connectivity index (χ2v) is 12.0. The normalized spacial score (nSPS) is 13.9. The number of rotatable bonds is 14. The van der Waals surface area contributed by atoms with Crippen LogP contribution in [0.5, 0.6) is 11.5 Å². The van der Waals surface area contributed by atoms with Crippen LogP contribution >= 0.6 is 11.8 Å². The summed E-state index contributed by atoms with van der Waals surface area (Å²) in [4.78, 5) is 40.7. The number of hydrogen-bond donors (Lipinski definition) is 0. The number of esters is 1. The maximum atomic E-state index is 13.9. The van der Waals surface area contributed by atoms with Crippen LogP contribution in [0.25, 0.3) is 0 Å². The van der Waals surface area contributed by atoms with Crippen molar-refractivity contribution in [3.05, 3.63) is 28.3 Å². The van der Waals surface area contributed by atoms with Crippen LogP contribution in [0.1, 0.15) is 81.8 Å². The third kappa shape index (κ3) is 10.1. The molecule has 9 nitrogen and oxygen atoms in total. The molecule has 1 fully saturated rings. The quantitative estimate of drug-likeness (QED) is 0.0931. The summed E-state index contributed by atoms with van der Waals surface area (Å²) >= 11 is 1.00. The molecule has 0 bridgehead atoms. The van der Waals surface area contributed by atoms with Crippen LogP contribution in [0.2, 0.25) is 0 Å². The van der Waals surface area contributed by atoms with Gasteiger partial charge in [-0.25, -0.2) is 0 Å². The Labute approximate surface area is 242 Å². The van der Waals surface area contributed by atoms with Gasteiger partial charge in [0.25, 0.3) is 5.91 Å². The summed E-state index contributed by atoms with van der Waals surface area (Å²) in [7, 11) is 3.15. The van der Waals surface area contributed by atoms with Gasteiger partial charge in [0.15, 0.2) is 11.9 Å². The molecule has 1 amide bonds. The molecular formula is C30H45NO8S. The van der Waals surface area contributed by atoms with E-state index in [4.69, 9.17) is 23.7 Å². The molecule has 2 rings (SSSR count). The lowest BCUT2D eigenvalue weighted by molar-refractivity contribution is -0.154. The molecule has 0 unspecified atom stereocenters. The van der Waals surface area contributed by atoms with Gasteiger partial charge in [0.1, 0.15) is 17.1 Å². The standard InChI is InChI=1S/C30H45NO8S/c1-20(12-14-24(33)39-30(4,5)6)11-13-23-26(36-8)21(2)28(40-22(3)32)25(29(34)31-15-9-10-16-31)27(23)38-19-37-18-17-35-7/h11H,9-10,12-19H2,1-8H3/b20-11+. The van der Waals surface area contributed by atoms with E-state index in [0.29, 0.717) is 72.2 Å². The van der Waals surface area contributed by atoms with Crippen molar-refractivity contribution >= 4 is 28.8 Å². The molecule has 0 saturated carbocycles.